The summed E-state index contributed by atoms with van der Waals surface area (Å²) < 4.78 is 5.40. The minimum Gasteiger partial charge on any atom is -0.370 e. The van der Waals surface area contributed by atoms with Crippen LogP contribution in [0.5, 0.6) is 0 Å². The molecule has 0 atom stereocenters. The molecule has 0 radical (unpaired) electrons. The van der Waals surface area contributed by atoms with Crippen molar-refractivity contribution in [1.82, 2.24) is 10.6 Å². The van der Waals surface area contributed by atoms with E-state index in [0.29, 0.717) is 6.04 Å². The first-order chi connectivity index (χ1) is 12.8. The summed E-state index contributed by atoms with van der Waals surface area (Å²) in [5, 5.41) is 7.74. The fourth-order valence-corrected chi connectivity index (χ4v) is 4.19. The molecule has 0 amide bonds. The van der Waals surface area contributed by atoms with Crippen molar-refractivity contribution in [2.24, 2.45) is 0 Å². The quantitative estimate of drug-likeness (QED) is 0.363. The first-order valence-corrected chi connectivity index (χ1v) is 10.5. The summed E-state index contributed by atoms with van der Waals surface area (Å²) in [6.45, 7) is 9.86. The molecule has 0 spiro atoms. The molecule has 4 N–H and O–H groups in total. The Labute approximate surface area is 163 Å². The highest BCUT2D eigenvalue weighted by molar-refractivity contribution is 7.80. The molecule has 1 aromatic rings. The minimum atomic E-state index is 0.527. The zero-order valence-corrected chi connectivity index (χ0v) is 16.6. The van der Waals surface area contributed by atoms with Gasteiger partial charge in [0.1, 0.15) is 19.6 Å². The summed E-state index contributed by atoms with van der Waals surface area (Å²) >= 11 is 5.48. The van der Waals surface area contributed by atoms with Crippen LogP contribution in [-0.2, 0) is 11.3 Å². The summed E-state index contributed by atoms with van der Waals surface area (Å²) in [4.78, 5) is 3.34. The Balaban J connectivity index is 1.25. The van der Waals surface area contributed by atoms with Gasteiger partial charge in [-0.2, -0.15) is 0 Å². The molecule has 1 aromatic carbocycles. The van der Waals surface area contributed by atoms with Gasteiger partial charge in [-0.25, -0.2) is 0 Å². The number of hydrogen-bond donors (Lipinski definition) is 4. The number of rotatable bonds is 7. The van der Waals surface area contributed by atoms with E-state index in [0.717, 1.165) is 50.9 Å². The smallest absolute Gasteiger partial charge is 0.166 e. The highest BCUT2D eigenvalue weighted by Gasteiger charge is 2.22. The Bertz CT molecular complexity index is 528. The number of nitrogens with one attached hydrogen (secondary N) is 4. The standard InChI is InChI=1S/C20H32N4OS/c26-20(21-9-4-10-23-13-15-25-16-14-23)22-19-7-11-24(12-8-19)17-18-5-2-1-3-6-18/h1-3,5-6,19H,4,7-17H2,(H2,21,22,26)/p+2. The largest absolute Gasteiger partial charge is 0.370 e. The van der Waals surface area contributed by atoms with E-state index in [1.165, 1.54) is 38.0 Å². The molecule has 0 aliphatic carbocycles. The number of hydrogen-bond acceptors (Lipinski definition) is 2. The van der Waals surface area contributed by atoms with Crippen LogP contribution in [0.2, 0.25) is 0 Å². The first-order valence-electron chi connectivity index (χ1n) is 10.1. The van der Waals surface area contributed by atoms with Crippen molar-refractivity contribution in [3.8, 4) is 0 Å². The van der Waals surface area contributed by atoms with E-state index in [4.69, 9.17) is 17.0 Å². The zero-order valence-electron chi connectivity index (χ0n) is 15.8. The summed E-state index contributed by atoms with van der Waals surface area (Å²) in [7, 11) is 0. The molecule has 0 unspecified atom stereocenters. The second kappa shape index (κ2) is 10.8. The molecule has 26 heavy (non-hydrogen) atoms. The molecule has 0 aromatic heterocycles. The van der Waals surface area contributed by atoms with Crippen molar-refractivity contribution >= 4 is 17.3 Å². The average Bonchev–Trinajstić information content (AvgIpc) is 2.68. The Morgan fingerprint density at radius 2 is 1.77 bits per heavy atom. The van der Waals surface area contributed by atoms with Gasteiger partial charge in [-0.1, -0.05) is 30.3 Å². The minimum absolute atomic E-state index is 0.527. The predicted molar refractivity (Wildman–Crippen MR) is 109 cm³/mol. The maximum atomic E-state index is 5.48. The summed E-state index contributed by atoms with van der Waals surface area (Å²) in [5.74, 6) is 0. The first kappa shape index (κ1) is 19.5. The highest BCUT2D eigenvalue weighted by Crippen LogP contribution is 2.01. The normalized spacial score (nSPS) is 24.2. The van der Waals surface area contributed by atoms with Crippen LogP contribution in [0.25, 0.3) is 0 Å². The Morgan fingerprint density at radius 1 is 1.04 bits per heavy atom. The predicted octanol–water partition coefficient (Wildman–Crippen LogP) is -0.997. The third-order valence-corrected chi connectivity index (χ3v) is 5.78. The van der Waals surface area contributed by atoms with Crippen LogP contribution in [0.1, 0.15) is 24.8 Å². The van der Waals surface area contributed by atoms with Gasteiger partial charge in [-0.3, -0.25) is 0 Å². The van der Waals surface area contributed by atoms with Crippen LogP contribution in [0.4, 0.5) is 0 Å². The lowest BCUT2D eigenvalue weighted by atomic mass is 10.0. The van der Waals surface area contributed by atoms with Crippen molar-refractivity contribution in [2.75, 3.05) is 52.5 Å². The van der Waals surface area contributed by atoms with Crippen molar-refractivity contribution in [3.63, 3.8) is 0 Å². The summed E-state index contributed by atoms with van der Waals surface area (Å²) in [6, 6.07) is 11.3. The molecule has 2 aliphatic heterocycles. The van der Waals surface area contributed by atoms with E-state index >= 15 is 0 Å². The van der Waals surface area contributed by atoms with Crippen LogP contribution in [0.15, 0.2) is 30.3 Å². The van der Waals surface area contributed by atoms with E-state index in [-0.39, 0.29) is 0 Å². The molecule has 144 valence electrons. The van der Waals surface area contributed by atoms with Gasteiger partial charge in [0.05, 0.1) is 32.8 Å². The van der Waals surface area contributed by atoms with Gasteiger partial charge >= 0.3 is 0 Å². The molecule has 6 heteroatoms. The lowest BCUT2D eigenvalue weighted by Gasteiger charge is -2.30. The lowest BCUT2D eigenvalue weighted by molar-refractivity contribution is -0.918. The molecule has 2 aliphatic rings. The number of likely N-dealkylation sites (tertiary alicyclic amines) is 1. The van der Waals surface area contributed by atoms with Gasteiger partial charge in [0.15, 0.2) is 5.11 Å². The van der Waals surface area contributed by atoms with Gasteiger partial charge in [0, 0.05) is 37.4 Å². The van der Waals surface area contributed by atoms with Crippen LogP contribution >= 0.6 is 12.2 Å². The maximum Gasteiger partial charge on any atom is 0.166 e. The van der Waals surface area contributed by atoms with Crippen molar-refractivity contribution in [1.29, 1.82) is 0 Å². The number of benzene rings is 1. The van der Waals surface area contributed by atoms with Gasteiger partial charge in [-0.05, 0) is 12.2 Å². The Morgan fingerprint density at radius 3 is 2.50 bits per heavy atom. The Kier molecular flexibility index (Phi) is 8.14. The topological polar surface area (TPSA) is 42.2 Å². The molecule has 2 heterocycles. The van der Waals surface area contributed by atoms with Crippen LogP contribution in [0, 0.1) is 0 Å². The van der Waals surface area contributed by atoms with Gasteiger partial charge < -0.3 is 25.2 Å². The van der Waals surface area contributed by atoms with Crippen molar-refractivity contribution in [3.05, 3.63) is 35.9 Å². The molecule has 0 bridgehead atoms. The molecule has 5 nitrogen and oxygen atoms in total. The third kappa shape index (κ3) is 6.83. The van der Waals surface area contributed by atoms with Gasteiger partial charge in [0.2, 0.25) is 0 Å². The third-order valence-electron chi connectivity index (χ3n) is 5.52. The maximum absolute atomic E-state index is 5.48. The van der Waals surface area contributed by atoms with Crippen molar-refractivity contribution in [2.45, 2.75) is 31.8 Å². The summed E-state index contributed by atoms with van der Waals surface area (Å²) in [5.41, 5.74) is 1.44. The number of ether oxygens (including phenoxy) is 1. The molecule has 3 rings (SSSR count). The SMILES string of the molecule is S=C(NCCC[NH+]1CCOCC1)NC1CC[NH+](Cc2ccccc2)CC1. The van der Waals surface area contributed by atoms with Crippen molar-refractivity contribution < 1.29 is 14.5 Å². The molecule has 0 saturated carbocycles. The molecule has 2 saturated heterocycles. The van der Waals surface area contributed by atoms with Crippen LogP contribution in [0.3, 0.4) is 0 Å². The second-order valence-corrected chi connectivity index (χ2v) is 7.96. The van der Waals surface area contributed by atoms with E-state index < -0.39 is 0 Å². The second-order valence-electron chi connectivity index (χ2n) is 7.55. The highest BCUT2D eigenvalue weighted by atomic mass is 32.1. The summed E-state index contributed by atoms with van der Waals surface area (Å²) in [6.07, 6.45) is 3.56. The van der Waals surface area contributed by atoms with Gasteiger partial charge in [0.25, 0.3) is 0 Å². The number of morpholine rings is 1. The monoisotopic (exact) mass is 378 g/mol. The van der Waals surface area contributed by atoms with Gasteiger partial charge in [-0.15, -0.1) is 0 Å². The fraction of sp³-hybridized carbons (Fsp3) is 0.650. The average molecular weight is 379 g/mol. The lowest BCUT2D eigenvalue weighted by Crippen LogP contribution is -3.14. The van der Waals surface area contributed by atoms with E-state index in [1.807, 2.05) is 0 Å². The molecular weight excluding hydrogens is 344 g/mol. The van der Waals surface area contributed by atoms with Crippen LogP contribution in [-0.4, -0.2) is 63.6 Å². The van der Waals surface area contributed by atoms with E-state index in [9.17, 15) is 0 Å². The molecular formula is C20H34N4OS+2. The Hall–Kier alpha value is -1.21. The fourth-order valence-electron chi connectivity index (χ4n) is 3.92. The number of quaternary nitrogens is 2. The zero-order chi connectivity index (χ0) is 18.0. The van der Waals surface area contributed by atoms with Crippen LogP contribution < -0.4 is 20.4 Å². The van der Waals surface area contributed by atoms with E-state index in [1.54, 1.807) is 9.80 Å². The number of piperidine rings is 1. The van der Waals surface area contributed by atoms with E-state index in [2.05, 4.69) is 41.0 Å². The number of thiocarbonyl (C=S) groups is 1. The molecule has 2 fully saturated rings.